The average Bonchev–Trinajstić information content (AvgIpc) is 2.79. The van der Waals surface area contributed by atoms with Crippen molar-refractivity contribution in [2.45, 2.75) is 0 Å². The number of nitriles is 1. The van der Waals surface area contributed by atoms with Crippen LogP contribution in [0.3, 0.4) is 0 Å². The lowest BCUT2D eigenvalue weighted by Gasteiger charge is -2.02. The summed E-state index contributed by atoms with van der Waals surface area (Å²) < 4.78 is 10.0. The summed E-state index contributed by atoms with van der Waals surface area (Å²) in [4.78, 5) is 15.4. The Kier molecular flexibility index (Phi) is 4.00. The number of hydrogen-bond donors (Lipinski definition) is 0. The zero-order valence-corrected chi connectivity index (χ0v) is 11.3. The lowest BCUT2D eigenvalue weighted by atomic mass is 10.2. The van der Waals surface area contributed by atoms with Crippen LogP contribution in [0.25, 0.3) is 0 Å². The SMILES string of the molecule is COC(=O)c1sc(Oc2ccccc2C#N)nc1Cl. The number of para-hydroxylation sites is 1. The number of carbonyl (C=O) groups excluding carboxylic acids is 1. The van der Waals surface area contributed by atoms with E-state index < -0.39 is 5.97 Å². The molecule has 0 aliphatic carbocycles. The fourth-order valence-electron chi connectivity index (χ4n) is 1.29. The van der Waals surface area contributed by atoms with E-state index in [1.54, 1.807) is 24.3 Å². The third-order valence-corrected chi connectivity index (χ3v) is 3.44. The van der Waals surface area contributed by atoms with Gasteiger partial charge in [0.05, 0.1) is 12.7 Å². The first-order valence-corrected chi connectivity index (χ1v) is 6.26. The molecule has 1 heterocycles. The molecule has 0 aliphatic rings. The van der Waals surface area contributed by atoms with Crippen LogP contribution in [0.4, 0.5) is 0 Å². The minimum Gasteiger partial charge on any atom is -0.465 e. The van der Waals surface area contributed by atoms with E-state index in [2.05, 4.69) is 9.72 Å². The molecule has 0 fully saturated rings. The summed E-state index contributed by atoms with van der Waals surface area (Å²) in [5.74, 6) is -0.224. The number of aromatic nitrogens is 1. The number of ether oxygens (including phenoxy) is 2. The molecule has 0 unspecified atom stereocenters. The summed E-state index contributed by atoms with van der Waals surface area (Å²) in [7, 11) is 1.25. The molecule has 0 radical (unpaired) electrons. The van der Waals surface area contributed by atoms with Crippen molar-refractivity contribution < 1.29 is 14.3 Å². The van der Waals surface area contributed by atoms with E-state index in [4.69, 9.17) is 21.6 Å². The second kappa shape index (κ2) is 5.69. The third kappa shape index (κ3) is 2.84. The zero-order valence-electron chi connectivity index (χ0n) is 9.71. The molecule has 19 heavy (non-hydrogen) atoms. The monoisotopic (exact) mass is 294 g/mol. The lowest BCUT2D eigenvalue weighted by Crippen LogP contribution is -1.98. The van der Waals surface area contributed by atoms with Gasteiger partial charge in [-0.15, -0.1) is 0 Å². The van der Waals surface area contributed by atoms with Gasteiger partial charge in [-0.05, 0) is 12.1 Å². The number of rotatable bonds is 3. The molecule has 0 N–H and O–H groups in total. The van der Waals surface area contributed by atoms with Gasteiger partial charge in [0, 0.05) is 0 Å². The maximum Gasteiger partial charge on any atom is 0.351 e. The van der Waals surface area contributed by atoms with E-state index in [0.29, 0.717) is 11.3 Å². The number of hydrogen-bond acceptors (Lipinski definition) is 6. The van der Waals surface area contributed by atoms with Gasteiger partial charge in [-0.3, -0.25) is 0 Å². The highest BCUT2D eigenvalue weighted by Gasteiger charge is 2.19. The Morgan fingerprint density at radius 2 is 2.21 bits per heavy atom. The van der Waals surface area contributed by atoms with Gasteiger partial charge >= 0.3 is 5.97 Å². The highest BCUT2D eigenvalue weighted by Crippen LogP contribution is 2.33. The Hall–Kier alpha value is -2.10. The molecule has 0 saturated heterocycles. The van der Waals surface area contributed by atoms with Crippen molar-refractivity contribution in [3.05, 3.63) is 39.9 Å². The van der Waals surface area contributed by atoms with Crippen molar-refractivity contribution in [2.75, 3.05) is 7.11 Å². The van der Waals surface area contributed by atoms with Gasteiger partial charge in [0.25, 0.3) is 5.19 Å². The number of methoxy groups -OCH3 is 1. The highest BCUT2D eigenvalue weighted by molar-refractivity contribution is 7.15. The summed E-state index contributed by atoms with van der Waals surface area (Å²) in [6.07, 6.45) is 0. The Balaban J connectivity index is 2.30. The third-order valence-electron chi connectivity index (χ3n) is 2.14. The van der Waals surface area contributed by atoms with Gasteiger partial charge in [-0.25, -0.2) is 4.79 Å². The molecular weight excluding hydrogens is 288 g/mol. The standard InChI is InChI=1S/C12H7ClN2O3S/c1-17-11(16)9-10(13)15-12(19-9)18-8-5-3-2-4-7(8)6-14/h2-5H,1H3. The largest absolute Gasteiger partial charge is 0.465 e. The van der Waals surface area contributed by atoms with E-state index >= 15 is 0 Å². The molecule has 1 aromatic carbocycles. The molecule has 2 aromatic rings. The first-order valence-electron chi connectivity index (χ1n) is 5.07. The van der Waals surface area contributed by atoms with Crippen LogP contribution in [0, 0.1) is 11.3 Å². The van der Waals surface area contributed by atoms with Gasteiger partial charge in [0.1, 0.15) is 11.8 Å². The van der Waals surface area contributed by atoms with E-state index in [0.717, 1.165) is 11.3 Å². The van der Waals surface area contributed by atoms with E-state index in [9.17, 15) is 4.79 Å². The minimum atomic E-state index is -0.578. The first kappa shape index (κ1) is 13.3. The first-order chi connectivity index (χ1) is 9.15. The molecule has 0 atom stereocenters. The smallest absolute Gasteiger partial charge is 0.351 e. The predicted octanol–water partition coefficient (Wildman–Crippen LogP) is 3.25. The van der Waals surface area contributed by atoms with Crippen LogP contribution in [-0.2, 0) is 4.74 Å². The molecule has 0 spiro atoms. The van der Waals surface area contributed by atoms with E-state index in [-0.39, 0.29) is 15.2 Å². The number of thiazole rings is 1. The van der Waals surface area contributed by atoms with Gasteiger partial charge in [0.2, 0.25) is 0 Å². The maximum atomic E-state index is 11.4. The molecule has 5 nitrogen and oxygen atoms in total. The van der Waals surface area contributed by atoms with Gasteiger partial charge in [-0.1, -0.05) is 35.1 Å². The zero-order chi connectivity index (χ0) is 13.8. The Morgan fingerprint density at radius 3 is 2.89 bits per heavy atom. The van der Waals surface area contributed by atoms with Crippen molar-refractivity contribution in [3.63, 3.8) is 0 Å². The topological polar surface area (TPSA) is 72.2 Å². The maximum absolute atomic E-state index is 11.4. The van der Waals surface area contributed by atoms with Crippen molar-refractivity contribution in [1.29, 1.82) is 5.26 Å². The second-order valence-electron chi connectivity index (χ2n) is 3.30. The molecule has 0 bridgehead atoms. The molecule has 0 saturated carbocycles. The van der Waals surface area contributed by atoms with Crippen molar-refractivity contribution in [3.8, 4) is 17.0 Å². The molecule has 0 amide bonds. The highest BCUT2D eigenvalue weighted by atomic mass is 35.5. The fraction of sp³-hybridized carbons (Fsp3) is 0.0833. The van der Waals surface area contributed by atoms with Crippen molar-refractivity contribution in [2.24, 2.45) is 0 Å². The normalized spacial score (nSPS) is 9.74. The van der Waals surface area contributed by atoms with Crippen LogP contribution in [-0.4, -0.2) is 18.1 Å². The molecule has 7 heteroatoms. The van der Waals surface area contributed by atoms with Crippen LogP contribution in [0.15, 0.2) is 24.3 Å². The number of benzene rings is 1. The van der Waals surface area contributed by atoms with Crippen molar-refractivity contribution in [1.82, 2.24) is 4.98 Å². The average molecular weight is 295 g/mol. The summed E-state index contributed by atoms with van der Waals surface area (Å²) in [5, 5.41) is 9.12. The van der Waals surface area contributed by atoms with Crippen LogP contribution < -0.4 is 4.74 Å². The Bertz CT molecular complexity index is 663. The van der Waals surface area contributed by atoms with Crippen LogP contribution in [0.5, 0.6) is 10.9 Å². The van der Waals surface area contributed by atoms with Gasteiger partial charge < -0.3 is 9.47 Å². The quantitative estimate of drug-likeness (QED) is 0.813. The van der Waals surface area contributed by atoms with E-state index in [1.165, 1.54) is 7.11 Å². The summed E-state index contributed by atoms with van der Waals surface area (Å²) in [5.41, 5.74) is 0.369. The fourth-order valence-corrected chi connectivity index (χ4v) is 2.35. The summed E-state index contributed by atoms with van der Waals surface area (Å²) in [6, 6.07) is 8.70. The molecule has 96 valence electrons. The summed E-state index contributed by atoms with van der Waals surface area (Å²) in [6.45, 7) is 0. The lowest BCUT2D eigenvalue weighted by molar-refractivity contribution is 0.0606. The van der Waals surface area contributed by atoms with Crippen molar-refractivity contribution >= 4 is 28.9 Å². The number of halogens is 1. The van der Waals surface area contributed by atoms with Crippen LogP contribution >= 0.6 is 22.9 Å². The van der Waals surface area contributed by atoms with Crippen LogP contribution in [0.2, 0.25) is 5.15 Å². The van der Waals surface area contributed by atoms with Gasteiger partial charge in [0.15, 0.2) is 10.0 Å². The molecular formula is C12H7ClN2O3S. The number of carbonyl (C=O) groups is 1. The Morgan fingerprint density at radius 1 is 1.47 bits per heavy atom. The van der Waals surface area contributed by atoms with Crippen LogP contribution in [0.1, 0.15) is 15.2 Å². The minimum absolute atomic E-state index is 0.0151. The second-order valence-corrected chi connectivity index (χ2v) is 4.62. The number of esters is 1. The molecule has 1 aromatic heterocycles. The van der Waals surface area contributed by atoms with Gasteiger partial charge in [-0.2, -0.15) is 10.2 Å². The number of nitrogens with zero attached hydrogens (tertiary/aromatic N) is 2. The predicted molar refractivity (Wildman–Crippen MR) is 69.7 cm³/mol. The Labute approximate surface area is 118 Å². The molecule has 2 rings (SSSR count). The molecule has 0 aliphatic heterocycles. The summed E-state index contributed by atoms with van der Waals surface area (Å²) >= 11 is 6.77. The van der Waals surface area contributed by atoms with E-state index in [1.807, 2.05) is 6.07 Å².